The maximum absolute atomic E-state index is 10.8. The van der Waals surface area contributed by atoms with Gasteiger partial charge < -0.3 is 10.3 Å². The molecule has 0 aliphatic rings. The van der Waals surface area contributed by atoms with Gasteiger partial charge in [-0.15, -0.1) is 0 Å². The number of nitrogens with zero attached hydrogens (tertiary/aromatic N) is 4. The van der Waals surface area contributed by atoms with Gasteiger partial charge in [0.15, 0.2) is 0 Å². The average Bonchev–Trinajstić information content (AvgIpc) is 2.94. The number of aromatic nitrogens is 3. The van der Waals surface area contributed by atoms with Crippen molar-refractivity contribution in [3.63, 3.8) is 0 Å². The molecule has 0 aliphatic heterocycles. The Bertz CT molecular complexity index is 966. The van der Waals surface area contributed by atoms with Crippen LogP contribution in [0.5, 0.6) is 0 Å². The predicted molar refractivity (Wildman–Crippen MR) is 94.3 cm³/mol. The fourth-order valence-corrected chi connectivity index (χ4v) is 2.58. The molecule has 0 atom stereocenters. The minimum absolute atomic E-state index is 0.400. The number of pyridine rings is 1. The Labute approximate surface area is 147 Å². The molecule has 0 radical (unpaired) electrons. The van der Waals surface area contributed by atoms with E-state index in [1.54, 1.807) is 24.7 Å². The average molecular weight is 363 g/mol. The number of primary amides is 1. The quantitative estimate of drug-likeness (QED) is 0.553. The van der Waals surface area contributed by atoms with Crippen LogP contribution >= 0.6 is 23.2 Å². The fourth-order valence-electron chi connectivity index (χ4n) is 2.25. The lowest BCUT2D eigenvalue weighted by Crippen LogP contribution is -2.24. The number of halogens is 2. The Morgan fingerprint density at radius 3 is 2.75 bits per heavy atom. The summed E-state index contributed by atoms with van der Waals surface area (Å²) in [6.45, 7) is 0. The number of hydrazone groups is 1. The van der Waals surface area contributed by atoms with Crippen molar-refractivity contribution < 1.29 is 4.79 Å². The highest BCUT2D eigenvalue weighted by molar-refractivity contribution is 6.42. The molecule has 0 saturated carbocycles. The largest absolute Gasteiger partial charge is 0.350 e. The number of amides is 2. The molecule has 3 N–H and O–H groups in total. The SMILES string of the molecule is Cn1cncc1-c1cc(C=NNC(N)=O)c2cc(Cl)c(Cl)cc2n1. The maximum Gasteiger partial charge on any atom is 0.332 e. The van der Waals surface area contributed by atoms with Gasteiger partial charge in [0, 0.05) is 18.0 Å². The van der Waals surface area contributed by atoms with Crippen LogP contribution in [0.15, 0.2) is 35.8 Å². The molecule has 0 bridgehead atoms. The van der Waals surface area contributed by atoms with Crippen molar-refractivity contribution in [2.75, 3.05) is 0 Å². The van der Waals surface area contributed by atoms with E-state index < -0.39 is 6.03 Å². The standard InChI is InChI=1S/C15H12Cl2N6O/c1-23-7-19-6-14(23)13-2-8(5-20-22-15(18)24)9-3-10(16)11(17)4-12(9)21-13/h2-7H,1H3,(H3,18,22,24). The number of imidazole rings is 1. The molecule has 0 spiro atoms. The van der Waals surface area contributed by atoms with Crippen molar-refractivity contribution in [1.29, 1.82) is 0 Å². The van der Waals surface area contributed by atoms with Crippen molar-refractivity contribution >= 4 is 46.4 Å². The zero-order chi connectivity index (χ0) is 17.3. The molecule has 1 aromatic carbocycles. The summed E-state index contributed by atoms with van der Waals surface area (Å²) in [6.07, 6.45) is 4.85. The van der Waals surface area contributed by atoms with Gasteiger partial charge in [0.1, 0.15) is 0 Å². The van der Waals surface area contributed by atoms with Crippen LogP contribution in [0.4, 0.5) is 4.79 Å². The van der Waals surface area contributed by atoms with Crippen LogP contribution in [0.2, 0.25) is 10.0 Å². The van der Waals surface area contributed by atoms with E-state index in [0.717, 1.165) is 11.1 Å². The minimum Gasteiger partial charge on any atom is -0.350 e. The number of hydrogen-bond donors (Lipinski definition) is 2. The lowest BCUT2D eigenvalue weighted by molar-refractivity contribution is 0.249. The first-order chi connectivity index (χ1) is 11.5. The van der Waals surface area contributed by atoms with Crippen LogP contribution in [0.25, 0.3) is 22.3 Å². The number of benzene rings is 1. The van der Waals surface area contributed by atoms with Gasteiger partial charge in [-0.3, -0.25) is 0 Å². The molecular formula is C15H12Cl2N6O. The number of rotatable bonds is 3. The Kier molecular flexibility index (Phi) is 4.37. The van der Waals surface area contributed by atoms with Crippen molar-refractivity contribution in [2.45, 2.75) is 0 Å². The first-order valence-corrected chi connectivity index (χ1v) is 7.56. The van der Waals surface area contributed by atoms with Gasteiger partial charge in [-0.2, -0.15) is 5.10 Å². The summed E-state index contributed by atoms with van der Waals surface area (Å²) in [7, 11) is 1.87. The van der Waals surface area contributed by atoms with E-state index in [-0.39, 0.29) is 0 Å². The van der Waals surface area contributed by atoms with Crippen molar-refractivity contribution in [3.05, 3.63) is 46.3 Å². The molecule has 9 heteroatoms. The fraction of sp³-hybridized carbons (Fsp3) is 0.0667. The third-order valence-corrected chi connectivity index (χ3v) is 4.06. The van der Waals surface area contributed by atoms with E-state index in [4.69, 9.17) is 28.9 Å². The van der Waals surface area contributed by atoms with Gasteiger partial charge in [0.05, 0.1) is 45.7 Å². The highest BCUT2D eigenvalue weighted by atomic mass is 35.5. The van der Waals surface area contributed by atoms with Crippen molar-refractivity contribution in [2.24, 2.45) is 17.9 Å². The smallest absolute Gasteiger partial charge is 0.332 e. The molecule has 122 valence electrons. The number of nitrogens with two attached hydrogens (primary N) is 1. The molecule has 2 amide bonds. The van der Waals surface area contributed by atoms with Crippen LogP contribution in [0.1, 0.15) is 5.56 Å². The van der Waals surface area contributed by atoms with E-state index in [0.29, 0.717) is 26.8 Å². The molecule has 0 aliphatic carbocycles. The van der Waals surface area contributed by atoms with Gasteiger partial charge >= 0.3 is 6.03 Å². The lowest BCUT2D eigenvalue weighted by Gasteiger charge is -2.08. The Balaban J connectivity index is 2.21. The Morgan fingerprint density at radius 2 is 2.08 bits per heavy atom. The topological polar surface area (TPSA) is 98.2 Å². The Morgan fingerprint density at radius 1 is 1.33 bits per heavy atom. The predicted octanol–water partition coefficient (Wildman–Crippen LogP) is 2.94. The van der Waals surface area contributed by atoms with Crippen LogP contribution in [0.3, 0.4) is 0 Å². The number of nitrogens with one attached hydrogen (secondary N) is 1. The third kappa shape index (κ3) is 3.17. The second-order valence-corrected chi connectivity index (χ2v) is 5.82. The molecule has 7 nitrogen and oxygen atoms in total. The number of fused-ring (bicyclic) bond motifs is 1. The van der Waals surface area contributed by atoms with Gasteiger partial charge in [-0.1, -0.05) is 23.2 Å². The van der Waals surface area contributed by atoms with Gasteiger partial charge in [-0.05, 0) is 18.2 Å². The number of carbonyl (C=O) groups is 1. The first-order valence-electron chi connectivity index (χ1n) is 6.80. The minimum atomic E-state index is -0.752. The third-order valence-electron chi connectivity index (χ3n) is 3.34. The summed E-state index contributed by atoms with van der Waals surface area (Å²) < 4.78 is 1.84. The number of carbonyl (C=O) groups excluding carboxylic acids is 1. The zero-order valence-electron chi connectivity index (χ0n) is 12.5. The zero-order valence-corrected chi connectivity index (χ0v) is 14.0. The number of aryl methyl sites for hydroxylation is 1. The molecule has 0 unspecified atom stereocenters. The molecule has 2 heterocycles. The normalized spacial score (nSPS) is 11.3. The van der Waals surface area contributed by atoms with Gasteiger partial charge in [-0.25, -0.2) is 20.2 Å². The molecule has 3 rings (SSSR count). The summed E-state index contributed by atoms with van der Waals surface area (Å²) in [5.41, 5.74) is 10.0. The second-order valence-electron chi connectivity index (χ2n) is 5.00. The molecular weight excluding hydrogens is 351 g/mol. The van der Waals surface area contributed by atoms with Gasteiger partial charge in [0.25, 0.3) is 0 Å². The van der Waals surface area contributed by atoms with E-state index in [1.807, 2.05) is 17.7 Å². The molecule has 24 heavy (non-hydrogen) atoms. The highest BCUT2D eigenvalue weighted by Crippen LogP contribution is 2.30. The number of hydrogen-bond acceptors (Lipinski definition) is 4. The summed E-state index contributed by atoms with van der Waals surface area (Å²) >= 11 is 12.2. The molecule has 3 aromatic rings. The monoisotopic (exact) mass is 362 g/mol. The van der Waals surface area contributed by atoms with E-state index in [1.165, 1.54) is 6.21 Å². The lowest BCUT2D eigenvalue weighted by atomic mass is 10.1. The van der Waals surface area contributed by atoms with Crippen LogP contribution in [-0.2, 0) is 7.05 Å². The van der Waals surface area contributed by atoms with E-state index in [9.17, 15) is 4.79 Å². The van der Waals surface area contributed by atoms with Crippen molar-refractivity contribution in [1.82, 2.24) is 20.0 Å². The van der Waals surface area contributed by atoms with Crippen LogP contribution in [0, 0.1) is 0 Å². The van der Waals surface area contributed by atoms with Crippen LogP contribution in [-0.4, -0.2) is 26.8 Å². The summed E-state index contributed by atoms with van der Waals surface area (Å²) in [6, 6.07) is 4.44. The summed E-state index contributed by atoms with van der Waals surface area (Å²) in [4.78, 5) is 19.5. The number of urea groups is 1. The summed E-state index contributed by atoms with van der Waals surface area (Å²) in [5.74, 6) is 0. The van der Waals surface area contributed by atoms with Crippen molar-refractivity contribution in [3.8, 4) is 11.4 Å². The van der Waals surface area contributed by atoms with Crippen LogP contribution < -0.4 is 11.2 Å². The van der Waals surface area contributed by atoms with E-state index >= 15 is 0 Å². The molecule has 0 fully saturated rings. The summed E-state index contributed by atoms with van der Waals surface area (Å²) in [5, 5.41) is 5.35. The van der Waals surface area contributed by atoms with E-state index in [2.05, 4.69) is 20.5 Å². The molecule has 2 aromatic heterocycles. The maximum atomic E-state index is 10.8. The molecule has 0 saturated heterocycles. The second kappa shape index (κ2) is 6.46. The Hall–Kier alpha value is -2.64. The highest BCUT2D eigenvalue weighted by Gasteiger charge is 2.11. The van der Waals surface area contributed by atoms with Gasteiger partial charge in [0.2, 0.25) is 0 Å². The first kappa shape index (κ1) is 16.2.